The number of rotatable bonds is 4. The van der Waals surface area contributed by atoms with Gasteiger partial charge in [0.1, 0.15) is 0 Å². The smallest absolute Gasteiger partial charge is 0.0729 e. The average Bonchev–Trinajstić information content (AvgIpc) is 2.37. The minimum absolute atomic E-state index is 0.0614. The number of methoxy groups -OCH3 is 1. The predicted octanol–water partition coefficient (Wildman–Crippen LogP) is 1.33. The number of hydrogen-bond acceptors (Lipinski definition) is 4. The van der Waals surface area contributed by atoms with Gasteiger partial charge >= 0.3 is 0 Å². The number of nitrogens with two attached hydrogens (primary N) is 1. The molecule has 2 unspecified atom stereocenters. The Labute approximate surface area is 104 Å². The zero-order valence-corrected chi connectivity index (χ0v) is 10.8. The molecule has 2 heterocycles. The van der Waals surface area contributed by atoms with Crippen LogP contribution in [0.3, 0.4) is 0 Å². The highest BCUT2D eigenvalue weighted by Gasteiger charge is 2.40. The van der Waals surface area contributed by atoms with Crippen molar-refractivity contribution in [2.24, 2.45) is 11.7 Å². The topological polar surface area (TPSA) is 53.7 Å². The maximum absolute atomic E-state index is 6.26. The molecular formula is C13H25NO3. The summed E-state index contributed by atoms with van der Waals surface area (Å²) in [7, 11) is 1.73. The van der Waals surface area contributed by atoms with E-state index in [0.29, 0.717) is 5.92 Å². The summed E-state index contributed by atoms with van der Waals surface area (Å²) in [5, 5.41) is 0. The molecule has 2 rings (SSSR count). The molecule has 2 atom stereocenters. The Balaban J connectivity index is 1.87. The van der Waals surface area contributed by atoms with Crippen LogP contribution in [-0.4, -0.2) is 45.2 Å². The fraction of sp³-hybridized carbons (Fsp3) is 1.00. The van der Waals surface area contributed by atoms with Crippen molar-refractivity contribution in [3.63, 3.8) is 0 Å². The molecule has 0 aromatic carbocycles. The van der Waals surface area contributed by atoms with E-state index in [9.17, 15) is 0 Å². The molecular weight excluding hydrogens is 218 g/mol. The Morgan fingerprint density at radius 1 is 1.35 bits per heavy atom. The summed E-state index contributed by atoms with van der Waals surface area (Å²) < 4.78 is 16.6. The van der Waals surface area contributed by atoms with E-state index in [4.69, 9.17) is 19.9 Å². The second kappa shape index (κ2) is 6.14. The zero-order valence-electron chi connectivity index (χ0n) is 10.8. The molecule has 0 bridgehead atoms. The summed E-state index contributed by atoms with van der Waals surface area (Å²) >= 11 is 0. The Hall–Kier alpha value is -0.160. The lowest BCUT2D eigenvalue weighted by Crippen LogP contribution is -2.48. The van der Waals surface area contributed by atoms with Crippen molar-refractivity contribution in [2.45, 2.75) is 43.7 Å². The Kier molecular flexibility index (Phi) is 4.79. The summed E-state index contributed by atoms with van der Waals surface area (Å²) in [6.07, 6.45) is 5.20. The fourth-order valence-corrected chi connectivity index (χ4v) is 3.01. The lowest BCUT2D eigenvalue weighted by Gasteiger charge is -2.44. The van der Waals surface area contributed by atoms with Gasteiger partial charge in [-0.15, -0.1) is 0 Å². The van der Waals surface area contributed by atoms with E-state index in [1.807, 2.05) is 0 Å². The largest absolute Gasteiger partial charge is 0.385 e. The quantitative estimate of drug-likeness (QED) is 0.809. The summed E-state index contributed by atoms with van der Waals surface area (Å²) in [4.78, 5) is 0. The average molecular weight is 243 g/mol. The number of hydrogen-bond donors (Lipinski definition) is 1. The molecule has 0 aliphatic carbocycles. The molecule has 0 aromatic heterocycles. The van der Waals surface area contributed by atoms with Gasteiger partial charge in [0.2, 0.25) is 0 Å². The normalized spacial score (nSPS) is 30.4. The van der Waals surface area contributed by atoms with Crippen molar-refractivity contribution in [2.75, 3.05) is 33.5 Å². The molecule has 0 saturated carbocycles. The third-order valence-electron chi connectivity index (χ3n) is 4.20. The molecule has 4 nitrogen and oxygen atoms in total. The highest BCUT2D eigenvalue weighted by molar-refractivity contribution is 4.91. The molecule has 0 aromatic rings. The summed E-state index contributed by atoms with van der Waals surface area (Å²) in [5.74, 6) is 0.581. The van der Waals surface area contributed by atoms with Crippen LogP contribution in [0.15, 0.2) is 0 Å². The highest BCUT2D eigenvalue weighted by Crippen LogP contribution is 2.38. The zero-order chi connectivity index (χ0) is 12.1. The van der Waals surface area contributed by atoms with Gasteiger partial charge in [0.15, 0.2) is 0 Å². The molecule has 2 aliphatic heterocycles. The van der Waals surface area contributed by atoms with Crippen LogP contribution in [0.25, 0.3) is 0 Å². The van der Waals surface area contributed by atoms with E-state index in [1.165, 1.54) is 0 Å². The third kappa shape index (κ3) is 3.41. The maximum atomic E-state index is 6.26. The van der Waals surface area contributed by atoms with E-state index in [-0.39, 0.29) is 11.6 Å². The molecule has 2 N–H and O–H groups in total. The minimum atomic E-state index is 0.0614. The van der Waals surface area contributed by atoms with Gasteiger partial charge in [-0.25, -0.2) is 0 Å². The van der Waals surface area contributed by atoms with Crippen LogP contribution in [0, 0.1) is 5.92 Å². The first-order valence-corrected chi connectivity index (χ1v) is 6.72. The molecule has 17 heavy (non-hydrogen) atoms. The Bertz CT molecular complexity index is 223. The van der Waals surface area contributed by atoms with Gasteiger partial charge in [-0.3, -0.25) is 0 Å². The molecule has 2 aliphatic rings. The van der Waals surface area contributed by atoms with Crippen LogP contribution >= 0.6 is 0 Å². The minimum Gasteiger partial charge on any atom is -0.385 e. The first kappa shape index (κ1) is 13.3. The second-order valence-electron chi connectivity index (χ2n) is 5.34. The molecule has 1 spiro atoms. The summed E-state index contributed by atoms with van der Waals surface area (Å²) in [6, 6.07) is 0.249. The lowest BCUT2D eigenvalue weighted by atomic mass is 9.77. The standard InChI is InChI=1S/C13H25NO3/c1-15-6-3-12(14)11-2-7-17-13(10-11)4-8-16-9-5-13/h11-12H,2-10,14H2,1H3. The van der Waals surface area contributed by atoms with Gasteiger partial charge in [0, 0.05) is 39.6 Å². The Morgan fingerprint density at radius 3 is 2.82 bits per heavy atom. The van der Waals surface area contributed by atoms with Gasteiger partial charge in [0.25, 0.3) is 0 Å². The lowest BCUT2D eigenvalue weighted by molar-refractivity contribution is -0.149. The van der Waals surface area contributed by atoms with Gasteiger partial charge in [-0.2, -0.15) is 0 Å². The van der Waals surface area contributed by atoms with E-state index in [1.54, 1.807) is 7.11 Å². The van der Waals surface area contributed by atoms with Crippen LogP contribution in [0.1, 0.15) is 32.1 Å². The molecule has 0 amide bonds. The van der Waals surface area contributed by atoms with Crippen LogP contribution in [-0.2, 0) is 14.2 Å². The SMILES string of the molecule is COCCC(N)C1CCOC2(CCOCC2)C1. The molecule has 100 valence electrons. The van der Waals surface area contributed by atoms with Gasteiger partial charge in [-0.1, -0.05) is 0 Å². The second-order valence-corrected chi connectivity index (χ2v) is 5.34. The van der Waals surface area contributed by atoms with Crippen molar-refractivity contribution >= 4 is 0 Å². The van der Waals surface area contributed by atoms with Crippen molar-refractivity contribution in [3.05, 3.63) is 0 Å². The Morgan fingerprint density at radius 2 is 2.12 bits per heavy atom. The molecule has 0 radical (unpaired) electrons. The monoisotopic (exact) mass is 243 g/mol. The van der Waals surface area contributed by atoms with Gasteiger partial charge in [0.05, 0.1) is 5.60 Å². The first-order valence-electron chi connectivity index (χ1n) is 6.72. The molecule has 2 fully saturated rings. The van der Waals surface area contributed by atoms with E-state index in [0.717, 1.165) is 58.5 Å². The third-order valence-corrected chi connectivity index (χ3v) is 4.20. The van der Waals surface area contributed by atoms with Crippen LogP contribution in [0.2, 0.25) is 0 Å². The predicted molar refractivity (Wildman–Crippen MR) is 65.9 cm³/mol. The number of ether oxygens (including phenoxy) is 3. The van der Waals surface area contributed by atoms with Crippen molar-refractivity contribution < 1.29 is 14.2 Å². The van der Waals surface area contributed by atoms with Crippen molar-refractivity contribution in [1.82, 2.24) is 0 Å². The van der Waals surface area contributed by atoms with Crippen molar-refractivity contribution in [1.29, 1.82) is 0 Å². The van der Waals surface area contributed by atoms with E-state index >= 15 is 0 Å². The van der Waals surface area contributed by atoms with Crippen LogP contribution in [0.5, 0.6) is 0 Å². The first-order chi connectivity index (χ1) is 8.26. The van der Waals surface area contributed by atoms with Crippen molar-refractivity contribution in [3.8, 4) is 0 Å². The molecule has 2 saturated heterocycles. The van der Waals surface area contributed by atoms with E-state index < -0.39 is 0 Å². The van der Waals surface area contributed by atoms with E-state index in [2.05, 4.69) is 0 Å². The van der Waals surface area contributed by atoms with Crippen LogP contribution in [0.4, 0.5) is 0 Å². The molecule has 4 heteroatoms. The summed E-state index contributed by atoms with van der Waals surface area (Å²) in [5.41, 5.74) is 6.32. The van der Waals surface area contributed by atoms with Crippen LogP contribution < -0.4 is 5.73 Å². The highest BCUT2D eigenvalue weighted by atomic mass is 16.5. The maximum Gasteiger partial charge on any atom is 0.0729 e. The van der Waals surface area contributed by atoms with Gasteiger partial charge in [-0.05, 0) is 38.0 Å². The van der Waals surface area contributed by atoms with Gasteiger partial charge < -0.3 is 19.9 Å². The fourth-order valence-electron chi connectivity index (χ4n) is 3.01. The summed E-state index contributed by atoms with van der Waals surface area (Å²) in [6.45, 7) is 3.28.